The number of benzene rings is 3. The van der Waals surface area contributed by atoms with Gasteiger partial charge in [0.1, 0.15) is 11.6 Å². The Morgan fingerprint density at radius 2 is 1.78 bits per heavy atom. The molecule has 6 N–H and O–H groups in total. The quantitative estimate of drug-likeness (QED) is 0.410. The molecule has 3 aromatic carbocycles. The predicted molar refractivity (Wildman–Crippen MR) is 136 cm³/mol. The Balaban J connectivity index is 1.31. The molecule has 0 spiro atoms. The molecule has 2 unspecified atom stereocenters. The summed E-state index contributed by atoms with van der Waals surface area (Å²) in [7, 11) is 1.54. The zero-order valence-corrected chi connectivity index (χ0v) is 20.0. The normalized spacial score (nSPS) is 18.8. The predicted octanol–water partition coefficient (Wildman–Crippen LogP) is 2.83. The van der Waals surface area contributed by atoms with Crippen LogP contribution in [0.25, 0.3) is 0 Å². The van der Waals surface area contributed by atoms with E-state index < -0.39 is 11.9 Å². The van der Waals surface area contributed by atoms with E-state index in [-0.39, 0.29) is 11.9 Å². The van der Waals surface area contributed by atoms with E-state index in [4.69, 9.17) is 16.2 Å². The second-order valence-corrected chi connectivity index (χ2v) is 8.97. The molecule has 2 aliphatic rings. The number of nitrogens with one attached hydrogen (secondary N) is 2. The number of methoxy groups -OCH3 is 1. The summed E-state index contributed by atoms with van der Waals surface area (Å²) in [4.78, 5) is 25.0. The molecule has 1 aliphatic heterocycles. The second kappa shape index (κ2) is 9.75. The topological polar surface area (TPSA) is 123 Å². The number of hydrogen-bond acceptors (Lipinski definition) is 6. The van der Waals surface area contributed by atoms with E-state index in [0.29, 0.717) is 29.3 Å². The Bertz CT molecular complexity index is 1340. The highest BCUT2D eigenvalue weighted by molar-refractivity contribution is 5.97. The zero-order chi connectivity index (χ0) is 25.2. The summed E-state index contributed by atoms with van der Waals surface area (Å²) in [5, 5.41) is 4.81. The SMILES string of the molecule is COc1ccccc1C(=O)NCc1ccc(C2NN(C3CCc4ccccc43)C(N)=C2C(N)=O)cc1. The number of amides is 2. The van der Waals surface area contributed by atoms with Crippen LogP contribution in [0.2, 0.25) is 0 Å². The van der Waals surface area contributed by atoms with E-state index in [1.807, 2.05) is 47.5 Å². The lowest BCUT2D eigenvalue weighted by molar-refractivity contribution is -0.114. The summed E-state index contributed by atoms with van der Waals surface area (Å²) in [6.07, 6.45) is 1.86. The molecule has 5 rings (SSSR count). The molecule has 0 aromatic heterocycles. The molecule has 0 bridgehead atoms. The second-order valence-electron chi connectivity index (χ2n) is 8.97. The third-order valence-electron chi connectivity index (χ3n) is 6.89. The number of primary amides is 1. The summed E-state index contributed by atoms with van der Waals surface area (Å²) < 4.78 is 5.27. The summed E-state index contributed by atoms with van der Waals surface area (Å²) in [5.41, 5.74) is 20.8. The van der Waals surface area contributed by atoms with Gasteiger partial charge in [-0.3, -0.25) is 14.6 Å². The average molecular weight is 484 g/mol. The number of hydrazine groups is 1. The van der Waals surface area contributed by atoms with Crippen molar-refractivity contribution in [2.45, 2.75) is 31.5 Å². The summed E-state index contributed by atoms with van der Waals surface area (Å²) in [6.45, 7) is 0.348. The highest BCUT2D eigenvalue weighted by Gasteiger charge is 2.39. The van der Waals surface area contributed by atoms with Gasteiger partial charge in [-0.05, 0) is 47.2 Å². The van der Waals surface area contributed by atoms with Gasteiger partial charge < -0.3 is 21.5 Å². The largest absolute Gasteiger partial charge is 0.496 e. The molecule has 1 heterocycles. The van der Waals surface area contributed by atoms with Crippen molar-refractivity contribution >= 4 is 11.8 Å². The van der Waals surface area contributed by atoms with Crippen molar-refractivity contribution in [3.8, 4) is 5.75 Å². The Hall–Kier alpha value is -4.30. The number of hydrogen-bond donors (Lipinski definition) is 4. The maximum atomic E-state index is 12.6. The number of aryl methyl sites for hydroxylation is 1. The molecule has 2 amide bonds. The highest BCUT2D eigenvalue weighted by Crippen LogP contribution is 2.41. The fourth-order valence-electron chi connectivity index (χ4n) is 5.06. The van der Waals surface area contributed by atoms with Crippen LogP contribution in [-0.4, -0.2) is 23.9 Å². The monoisotopic (exact) mass is 483 g/mol. The fourth-order valence-corrected chi connectivity index (χ4v) is 5.06. The fraction of sp³-hybridized carbons (Fsp3) is 0.214. The van der Waals surface area contributed by atoms with Crippen molar-refractivity contribution in [1.29, 1.82) is 0 Å². The smallest absolute Gasteiger partial charge is 0.255 e. The number of para-hydroxylation sites is 1. The van der Waals surface area contributed by atoms with Gasteiger partial charge in [-0.1, -0.05) is 60.7 Å². The molecule has 184 valence electrons. The Morgan fingerprint density at radius 3 is 2.53 bits per heavy atom. The number of nitrogens with two attached hydrogens (primary N) is 2. The lowest BCUT2D eigenvalue weighted by atomic mass is 9.98. The highest BCUT2D eigenvalue weighted by atomic mass is 16.5. The van der Waals surface area contributed by atoms with Crippen molar-refractivity contribution < 1.29 is 14.3 Å². The first-order valence-corrected chi connectivity index (χ1v) is 11.9. The Kier molecular flexibility index (Phi) is 6.35. The number of rotatable bonds is 7. The van der Waals surface area contributed by atoms with Crippen molar-refractivity contribution in [3.05, 3.63) is 112 Å². The molecule has 0 radical (unpaired) electrons. The van der Waals surface area contributed by atoms with E-state index in [1.165, 1.54) is 18.2 Å². The molecule has 0 saturated carbocycles. The van der Waals surface area contributed by atoms with Gasteiger partial charge in [0, 0.05) is 6.54 Å². The minimum Gasteiger partial charge on any atom is -0.496 e. The molecule has 8 heteroatoms. The number of nitrogens with zero attached hydrogens (tertiary/aromatic N) is 1. The third kappa shape index (κ3) is 4.27. The first kappa shape index (κ1) is 23.4. The summed E-state index contributed by atoms with van der Waals surface area (Å²) in [5.74, 6) is 0.123. The van der Waals surface area contributed by atoms with Crippen molar-refractivity contribution in [1.82, 2.24) is 15.8 Å². The average Bonchev–Trinajstić information content (AvgIpc) is 3.48. The lowest BCUT2D eigenvalue weighted by Crippen LogP contribution is -2.38. The van der Waals surface area contributed by atoms with E-state index in [1.54, 1.807) is 18.2 Å². The molecular weight excluding hydrogens is 454 g/mol. The van der Waals surface area contributed by atoms with Gasteiger partial charge >= 0.3 is 0 Å². The lowest BCUT2D eigenvalue weighted by Gasteiger charge is -2.29. The van der Waals surface area contributed by atoms with Crippen LogP contribution >= 0.6 is 0 Å². The van der Waals surface area contributed by atoms with Crippen LogP contribution in [0.1, 0.15) is 51.1 Å². The minimum absolute atomic E-state index is 0.0324. The molecular formula is C28H29N5O3. The summed E-state index contributed by atoms with van der Waals surface area (Å²) in [6, 6.07) is 22.6. The van der Waals surface area contributed by atoms with Crippen molar-refractivity contribution in [2.24, 2.45) is 11.5 Å². The van der Waals surface area contributed by atoms with Crippen LogP contribution in [0, 0.1) is 0 Å². The van der Waals surface area contributed by atoms with Gasteiger partial charge in [-0.2, -0.15) is 0 Å². The number of ether oxygens (including phenoxy) is 1. The van der Waals surface area contributed by atoms with E-state index in [0.717, 1.165) is 24.0 Å². The molecule has 8 nitrogen and oxygen atoms in total. The van der Waals surface area contributed by atoms with Crippen LogP contribution in [0.15, 0.2) is 84.2 Å². The Labute approximate surface area is 209 Å². The molecule has 0 fully saturated rings. The maximum Gasteiger partial charge on any atom is 0.255 e. The molecule has 0 saturated heterocycles. The van der Waals surface area contributed by atoms with Crippen molar-refractivity contribution in [2.75, 3.05) is 7.11 Å². The zero-order valence-electron chi connectivity index (χ0n) is 20.0. The van der Waals surface area contributed by atoms with Gasteiger partial charge in [0.05, 0.1) is 30.3 Å². The van der Waals surface area contributed by atoms with Crippen LogP contribution in [-0.2, 0) is 17.8 Å². The number of carbonyl (C=O) groups excluding carboxylic acids is 2. The molecule has 2 atom stereocenters. The van der Waals surface area contributed by atoms with Crippen LogP contribution < -0.4 is 26.9 Å². The maximum absolute atomic E-state index is 12.6. The van der Waals surface area contributed by atoms with E-state index in [2.05, 4.69) is 22.9 Å². The summed E-state index contributed by atoms with van der Waals surface area (Å²) >= 11 is 0. The first-order chi connectivity index (χ1) is 17.5. The van der Waals surface area contributed by atoms with Gasteiger partial charge in [0.25, 0.3) is 5.91 Å². The van der Waals surface area contributed by atoms with Gasteiger partial charge in [0.2, 0.25) is 5.91 Å². The number of fused-ring (bicyclic) bond motifs is 1. The third-order valence-corrected chi connectivity index (χ3v) is 6.89. The minimum atomic E-state index is -0.549. The standard InChI is InChI=1S/C28H29N5O3/c1-36-23-9-5-4-8-21(23)28(35)31-16-17-10-12-19(13-11-17)25-24(27(30)34)26(29)33(32-25)22-15-14-18-6-2-3-7-20(18)22/h2-13,22,25,32H,14-16,29H2,1H3,(H2,30,34)(H,31,35). The van der Waals surface area contributed by atoms with E-state index in [9.17, 15) is 9.59 Å². The van der Waals surface area contributed by atoms with Gasteiger partial charge in [-0.25, -0.2) is 5.43 Å². The molecule has 3 aromatic rings. The molecule has 36 heavy (non-hydrogen) atoms. The van der Waals surface area contributed by atoms with Crippen molar-refractivity contribution in [3.63, 3.8) is 0 Å². The van der Waals surface area contributed by atoms with Crippen LogP contribution in [0.3, 0.4) is 0 Å². The van der Waals surface area contributed by atoms with Crippen LogP contribution in [0.5, 0.6) is 5.75 Å². The van der Waals surface area contributed by atoms with E-state index >= 15 is 0 Å². The number of carbonyl (C=O) groups is 2. The van der Waals surface area contributed by atoms with Gasteiger partial charge in [0.15, 0.2) is 0 Å². The first-order valence-electron chi connectivity index (χ1n) is 11.9. The van der Waals surface area contributed by atoms with Crippen LogP contribution in [0.4, 0.5) is 0 Å². The van der Waals surface area contributed by atoms with Gasteiger partial charge in [-0.15, -0.1) is 0 Å². The Morgan fingerprint density at radius 1 is 1.06 bits per heavy atom. The molecule has 1 aliphatic carbocycles.